The molecule has 2 aliphatic rings. The number of aliphatic hydroxyl groups is 3. The Balaban J connectivity index is -0.000000290. The first kappa shape index (κ1) is 30.9. The molecule has 3 nitrogen and oxygen atoms in total. The maximum Gasteiger partial charge on any atom is 0.0563 e. The minimum Gasteiger partial charge on any atom is -0.391 e. The molecule has 1 saturated carbocycles. The zero-order valence-corrected chi connectivity index (χ0v) is 22.2. The minimum absolute atomic E-state index is 0. The molecule has 0 aromatic heterocycles. The van der Waals surface area contributed by atoms with Crippen LogP contribution >= 0.6 is 0 Å². The summed E-state index contributed by atoms with van der Waals surface area (Å²) in [6.45, 7) is 15.7. The van der Waals surface area contributed by atoms with E-state index in [1.54, 1.807) is 62.3 Å². The first-order chi connectivity index (χ1) is 11.0. The first-order valence-electron chi connectivity index (χ1n) is 9.41. The first-order valence-corrected chi connectivity index (χ1v) is 9.41. The molecule has 4 heteroatoms. The molecule has 0 radical (unpaired) electrons. The summed E-state index contributed by atoms with van der Waals surface area (Å²) < 4.78 is 0. The molecule has 3 N–H and O–H groups in total. The molecule has 0 saturated heterocycles. The molecule has 0 amide bonds. The van der Waals surface area contributed by atoms with Crippen LogP contribution in [0.2, 0.25) is 0 Å². The van der Waals surface area contributed by atoms with Crippen LogP contribution in [0.4, 0.5) is 0 Å². The van der Waals surface area contributed by atoms with Crippen molar-refractivity contribution in [2.75, 3.05) is 0 Å². The fourth-order valence-corrected chi connectivity index (χ4v) is 1.94. The van der Waals surface area contributed by atoms with E-state index in [1.807, 2.05) is 0 Å². The molecular formula is C22H43HfO3-. The molecular weight excluding hydrogens is 491 g/mol. The van der Waals surface area contributed by atoms with Crippen LogP contribution in [0.1, 0.15) is 94.4 Å². The van der Waals surface area contributed by atoms with Gasteiger partial charge in [-0.05, 0) is 81.1 Å². The van der Waals surface area contributed by atoms with Gasteiger partial charge >= 0.3 is 0 Å². The third-order valence-corrected chi connectivity index (χ3v) is 2.52. The van der Waals surface area contributed by atoms with Gasteiger partial charge in [0.15, 0.2) is 0 Å². The minimum atomic E-state index is -0.500. The van der Waals surface area contributed by atoms with E-state index in [1.165, 1.54) is 31.3 Å². The van der Waals surface area contributed by atoms with Gasteiger partial charge in [-0.1, -0.05) is 12.8 Å². The summed E-state index contributed by atoms with van der Waals surface area (Å²) in [6, 6.07) is 0. The average molecular weight is 534 g/mol. The van der Waals surface area contributed by atoms with Crippen molar-refractivity contribution in [3.8, 4) is 0 Å². The largest absolute Gasteiger partial charge is 0.391 e. The Morgan fingerprint density at radius 3 is 1.31 bits per heavy atom. The molecule has 0 heterocycles. The number of allylic oxidation sites excluding steroid dienone is 4. The fourth-order valence-electron chi connectivity index (χ4n) is 1.94. The van der Waals surface area contributed by atoms with Crippen molar-refractivity contribution >= 4 is 0 Å². The van der Waals surface area contributed by atoms with Crippen LogP contribution in [0.25, 0.3) is 0 Å². The molecule has 0 unspecified atom stereocenters. The Morgan fingerprint density at radius 2 is 1.08 bits per heavy atom. The zero-order valence-electron chi connectivity index (χ0n) is 18.6. The normalized spacial score (nSPS) is 16.8. The smallest absolute Gasteiger partial charge is 0.0563 e. The maximum absolute atomic E-state index is 8.52. The van der Waals surface area contributed by atoms with E-state index >= 15 is 0 Å². The van der Waals surface area contributed by atoms with Gasteiger partial charge in [0.05, 0.1) is 16.8 Å². The second-order valence-electron chi connectivity index (χ2n) is 9.73. The van der Waals surface area contributed by atoms with Gasteiger partial charge in [0.25, 0.3) is 0 Å². The average Bonchev–Trinajstić information content (AvgIpc) is 2.95. The molecule has 0 aromatic carbocycles. The van der Waals surface area contributed by atoms with E-state index in [0.717, 1.165) is 12.3 Å². The van der Waals surface area contributed by atoms with E-state index in [-0.39, 0.29) is 25.8 Å². The predicted molar refractivity (Wildman–Crippen MR) is 108 cm³/mol. The van der Waals surface area contributed by atoms with Crippen LogP contribution in [0, 0.1) is 12.0 Å². The Bertz CT molecular complexity index is 341. The van der Waals surface area contributed by atoms with Gasteiger partial charge in [0.2, 0.25) is 0 Å². The molecule has 0 spiro atoms. The van der Waals surface area contributed by atoms with Crippen molar-refractivity contribution in [2.24, 2.45) is 5.92 Å². The zero-order chi connectivity index (χ0) is 20.3. The summed E-state index contributed by atoms with van der Waals surface area (Å²) in [5.74, 6) is 0.874. The van der Waals surface area contributed by atoms with Gasteiger partial charge in [-0.2, -0.15) is 6.08 Å². The van der Waals surface area contributed by atoms with Crippen LogP contribution in [-0.4, -0.2) is 32.1 Å². The number of hydrogen-bond donors (Lipinski definition) is 3. The summed E-state index contributed by atoms with van der Waals surface area (Å²) in [4.78, 5) is 0. The van der Waals surface area contributed by atoms with Crippen LogP contribution in [-0.2, 0) is 25.8 Å². The number of hydrogen-bond acceptors (Lipinski definition) is 3. The third-order valence-electron chi connectivity index (χ3n) is 2.52. The van der Waals surface area contributed by atoms with Crippen molar-refractivity contribution in [1.29, 1.82) is 0 Å². The SMILES string of the molecule is CC(C)(C)O.CC(C)(C)O.CC(C)(C)O.[C-]1=C(C2CCCC2)C=CC1.[Hf]. The molecule has 0 aliphatic heterocycles. The summed E-state index contributed by atoms with van der Waals surface area (Å²) in [5.41, 5.74) is -0.00231. The molecule has 0 atom stereocenters. The topological polar surface area (TPSA) is 60.7 Å². The van der Waals surface area contributed by atoms with E-state index < -0.39 is 16.8 Å². The Kier molecular flexibility index (Phi) is 17.0. The van der Waals surface area contributed by atoms with E-state index in [0.29, 0.717) is 0 Å². The van der Waals surface area contributed by atoms with Gasteiger partial charge in [0, 0.05) is 25.8 Å². The van der Waals surface area contributed by atoms with Crippen LogP contribution in [0.5, 0.6) is 0 Å². The fraction of sp³-hybridized carbons (Fsp3) is 0.818. The van der Waals surface area contributed by atoms with E-state index in [4.69, 9.17) is 15.3 Å². The van der Waals surface area contributed by atoms with E-state index in [9.17, 15) is 0 Å². The van der Waals surface area contributed by atoms with Crippen molar-refractivity contribution in [3.05, 3.63) is 23.8 Å². The number of rotatable bonds is 1. The van der Waals surface area contributed by atoms with Crippen molar-refractivity contribution in [2.45, 2.75) is 111 Å². The molecule has 154 valence electrons. The van der Waals surface area contributed by atoms with Gasteiger partial charge in [-0.25, -0.2) is 11.6 Å². The molecule has 0 bridgehead atoms. The van der Waals surface area contributed by atoms with Crippen LogP contribution in [0.3, 0.4) is 0 Å². The predicted octanol–water partition coefficient (Wildman–Crippen LogP) is 5.20. The Labute approximate surface area is 181 Å². The molecule has 2 rings (SSSR count). The van der Waals surface area contributed by atoms with Gasteiger partial charge in [-0.15, -0.1) is 6.42 Å². The second kappa shape index (κ2) is 14.3. The van der Waals surface area contributed by atoms with Crippen molar-refractivity contribution in [1.82, 2.24) is 0 Å². The van der Waals surface area contributed by atoms with Crippen LogP contribution in [0.15, 0.2) is 17.7 Å². The Hall–Kier alpha value is 0.230. The molecule has 26 heavy (non-hydrogen) atoms. The summed E-state index contributed by atoms with van der Waals surface area (Å²) in [7, 11) is 0. The molecule has 2 aliphatic carbocycles. The van der Waals surface area contributed by atoms with Crippen molar-refractivity contribution in [3.63, 3.8) is 0 Å². The van der Waals surface area contributed by atoms with Crippen molar-refractivity contribution < 1.29 is 41.2 Å². The summed E-state index contributed by atoms with van der Waals surface area (Å²) >= 11 is 0. The van der Waals surface area contributed by atoms with Gasteiger partial charge in [-0.3, -0.25) is 6.08 Å². The molecule has 0 aromatic rings. The molecule has 1 fully saturated rings. The quantitative estimate of drug-likeness (QED) is 0.321. The third kappa shape index (κ3) is 39.3. The monoisotopic (exact) mass is 535 g/mol. The summed E-state index contributed by atoms with van der Waals surface area (Å²) in [5, 5.41) is 25.6. The Morgan fingerprint density at radius 1 is 0.769 bits per heavy atom. The summed E-state index contributed by atoms with van der Waals surface area (Å²) in [6.07, 6.45) is 14.6. The maximum atomic E-state index is 8.52. The van der Waals surface area contributed by atoms with Crippen LogP contribution < -0.4 is 0 Å². The van der Waals surface area contributed by atoms with Gasteiger partial charge in [0.1, 0.15) is 0 Å². The standard InChI is InChI=1S/C10H13.3C4H10O.Hf/c1-2-6-9(5-1)10-7-3-4-8-10;3*1-4(2,3)5;/h1,5,10H,2-4,7-8H2;3*5H,1-3H3;/q-1;;;;. The van der Waals surface area contributed by atoms with Gasteiger partial charge < -0.3 is 15.3 Å². The second-order valence-corrected chi connectivity index (χ2v) is 9.73. The van der Waals surface area contributed by atoms with E-state index in [2.05, 4.69) is 18.2 Å².